The lowest BCUT2D eigenvalue weighted by atomic mass is 9.86. The number of nitrogens with zero attached hydrogens (tertiary/aromatic N) is 3. The Morgan fingerprint density at radius 3 is 2.54 bits per heavy atom. The van der Waals surface area contributed by atoms with Gasteiger partial charge >= 0.3 is 0 Å². The van der Waals surface area contributed by atoms with Crippen molar-refractivity contribution in [3.63, 3.8) is 0 Å². The summed E-state index contributed by atoms with van der Waals surface area (Å²) in [5, 5.41) is 16.8. The minimum atomic E-state index is -0.746. The molecule has 1 aromatic heterocycles. The average molecular weight is 386 g/mol. The summed E-state index contributed by atoms with van der Waals surface area (Å²) in [6.07, 6.45) is 0. The molecule has 124 valence electrons. The highest BCUT2D eigenvalue weighted by Crippen LogP contribution is 2.34. The molecule has 5 heteroatoms. The van der Waals surface area contributed by atoms with E-state index < -0.39 is 5.60 Å². The summed E-state index contributed by atoms with van der Waals surface area (Å²) in [7, 11) is 0. The fourth-order valence-corrected chi connectivity index (χ4v) is 3.78. The maximum absolute atomic E-state index is 10.8. The molecule has 1 fully saturated rings. The molecule has 1 aliphatic rings. The van der Waals surface area contributed by atoms with Crippen LogP contribution in [-0.2, 0) is 18.7 Å². The number of fused-ring (bicyclic) bond motifs is 1. The van der Waals surface area contributed by atoms with Crippen LogP contribution in [-0.4, -0.2) is 32.9 Å². The molecule has 0 bridgehead atoms. The molecule has 0 aliphatic carbocycles. The van der Waals surface area contributed by atoms with Gasteiger partial charge in [0.1, 0.15) is 5.60 Å². The quantitative estimate of drug-likeness (QED) is 0.746. The smallest absolute Gasteiger partial charge is 0.115 e. The standard InChI is InChI=1S/C19H20BrN3O/c1-2-23-18-6-4-3-5-16(18)17(21-23)11-22-12-19(24,13-22)14-7-9-15(20)10-8-14/h3-10,24H,2,11-13H2,1H3. The van der Waals surface area contributed by atoms with Crippen LogP contribution in [0.4, 0.5) is 0 Å². The summed E-state index contributed by atoms with van der Waals surface area (Å²) in [5.41, 5.74) is 2.50. The molecule has 4 rings (SSSR count). The molecule has 1 saturated heterocycles. The maximum atomic E-state index is 10.8. The number of rotatable bonds is 4. The topological polar surface area (TPSA) is 41.3 Å². The molecule has 1 aliphatic heterocycles. The Morgan fingerprint density at radius 1 is 1.12 bits per heavy atom. The summed E-state index contributed by atoms with van der Waals surface area (Å²) >= 11 is 3.44. The van der Waals surface area contributed by atoms with Crippen molar-refractivity contribution >= 4 is 26.8 Å². The highest BCUT2D eigenvalue weighted by atomic mass is 79.9. The van der Waals surface area contributed by atoms with E-state index in [0.29, 0.717) is 13.1 Å². The zero-order valence-corrected chi connectivity index (χ0v) is 15.2. The summed E-state index contributed by atoms with van der Waals surface area (Å²) in [5.74, 6) is 0. The number of halogens is 1. The number of aryl methyl sites for hydroxylation is 1. The molecule has 0 radical (unpaired) electrons. The Hall–Kier alpha value is -1.69. The number of hydrogen-bond donors (Lipinski definition) is 1. The van der Waals surface area contributed by atoms with Gasteiger partial charge in [0.2, 0.25) is 0 Å². The van der Waals surface area contributed by atoms with Gasteiger partial charge in [-0.05, 0) is 30.7 Å². The second-order valence-electron chi connectivity index (χ2n) is 6.46. The lowest BCUT2D eigenvalue weighted by Crippen LogP contribution is -2.58. The minimum absolute atomic E-state index is 0.641. The van der Waals surface area contributed by atoms with E-state index in [4.69, 9.17) is 5.10 Å². The first-order valence-corrected chi connectivity index (χ1v) is 9.03. The number of benzene rings is 2. The van der Waals surface area contributed by atoms with Crippen molar-refractivity contribution in [3.8, 4) is 0 Å². The predicted octanol–water partition coefficient (Wildman–Crippen LogP) is 3.52. The molecule has 4 nitrogen and oxygen atoms in total. The van der Waals surface area contributed by atoms with E-state index >= 15 is 0 Å². The third-order valence-corrected chi connectivity index (χ3v) is 5.29. The van der Waals surface area contributed by atoms with Crippen LogP contribution >= 0.6 is 15.9 Å². The van der Waals surface area contributed by atoms with Crippen LogP contribution in [0.25, 0.3) is 10.9 Å². The molecule has 0 unspecified atom stereocenters. The Bertz CT molecular complexity index is 866. The first-order valence-electron chi connectivity index (χ1n) is 8.24. The van der Waals surface area contributed by atoms with E-state index in [0.717, 1.165) is 28.8 Å². The molecular weight excluding hydrogens is 366 g/mol. The monoisotopic (exact) mass is 385 g/mol. The van der Waals surface area contributed by atoms with Gasteiger partial charge in [0.25, 0.3) is 0 Å². The Labute approximate surface area is 149 Å². The predicted molar refractivity (Wildman–Crippen MR) is 98.7 cm³/mol. The zero-order chi connectivity index (χ0) is 16.7. The van der Waals surface area contributed by atoms with E-state index in [1.54, 1.807) is 0 Å². The number of β-amino-alcohol motifs (C(OH)–C–C–N with tert-alkyl or cyclic N) is 1. The Morgan fingerprint density at radius 2 is 1.83 bits per heavy atom. The minimum Gasteiger partial charge on any atom is -0.382 e. The molecule has 1 N–H and O–H groups in total. The van der Waals surface area contributed by atoms with Crippen molar-refractivity contribution in [2.24, 2.45) is 0 Å². The number of aliphatic hydroxyl groups is 1. The van der Waals surface area contributed by atoms with Crippen molar-refractivity contribution in [2.45, 2.75) is 25.6 Å². The average Bonchev–Trinajstić information content (AvgIpc) is 2.92. The van der Waals surface area contributed by atoms with E-state index in [1.165, 1.54) is 10.9 Å². The van der Waals surface area contributed by atoms with Crippen LogP contribution in [0.5, 0.6) is 0 Å². The molecule has 0 amide bonds. The van der Waals surface area contributed by atoms with Crippen molar-refractivity contribution < 1.29 is 5.11 Å². The second kappa shape index (κ2) is 5.99. The van der Waals surface area contributed by atoms with Gasteiger partial charge in [0.15, 0.2) is 0 Å². The van der Waals surface area contributed by atoms with Gasteiger partial charge in [-0.1, -0.05) is 46.3 Å². The second-order valence-corrected chi connectivity index (χ2v) is 7.38. The van der Waals surface area contributed by atoms with Gasteiger partial charge < -0.3 is 5.11 Å². The van der Waals surface area contributed by atoms with Crippen molar-refractivity contribution in [3.05, 3.63) is 64.3 Å². The van der Waals surface area contributed by atoms with Crippen LogP contribution in [0.1, 0.15) is 18.2 Å². The Balaban J connectivity index is 1.51. The first kappa shape index (κ1) is 15.8. The van der Waals surface area contributed by atoms with E-state index in [2.05, 4.69) is 52.0 Å². The van der Waals surface area contributed by atoms with Gasteiger partial charge in [0, 0.05) is 36.0 Å². The lowest BCUT2D eigenvalue weighted by Gasteiger charge is -2.46. The van der Waals surface area contributed by atoms with E-state index in [9.17, 15) is 5.11 Å². The van der Waals surface area contributed by atoms with E-state index in [-0.39, 0.29) is 0 Å². The molecule has 24 heavy (non-hydrogen) atoms. The van der Waals surface area contributed by atoms with Crippen LogP contribution in [0.3, 0.4) is 0 Å². The summed E-state index contributed by atoms with van der Waals surface area (Å²) in [6.45, 7) is 5.03. The number of hydrogen-bond acceptors (Lipinski definition) is 3. The first-order chi connectivity index (χ1) is 11.6. The van der Waals surface area contributed by atoms with Crippen molar-refractivity contribution in [1.29, 1.82) is 0 Å². The number of likely N-dealkylation sites (tertiary alicyclic amines) is 1. The number of aromatic nitrogens is 2. The highest BCUT2D eigenvalue weighted by Gasteiger charge is 2.42. The molecule has 0 saturated carbocycles. The van der Waals surface area contributed by atoms with E-state index in [1.807, 2.05) is 28.9 Å². The summed E-state index contributed by atoms with van der Waals surface area (Å²) in [6, 6.07) is 16.3. The lowest BCUT2D eigenvalue weighted by molar-refractivity contribution is -0.108. The molecular formula is C19H20BrN3O. The third-order valence-electron chi connectivity index (χ3n) is 4.76. The molecule has 2 aromatic carbocycles. The summed E-state index contributed by atoms with van der Waals surface area (Å²) in [4.78, 5) is 2.25. The van der Waals surface area contributed by atoms with Crippen molar-refractivity contribution in [1.82, 2.24) is 14.7 Å². The van der Waals surface area contributed by atoms with Gasteiger partial charge in [-0.25, -0.2) is 0 Å². The molecule has 0 atom stereocenters. The van der Waals surface area contributed by atoms with Gasteiger partial charge in [-0.3, -0.25) is 9.58 Å². The Kier molecular flexibility index (Phi) is 3.95. The fraction of sp³-hybridized carbons (Fsp3) is 0.316. The van der Waals surface area contributed by atoms with Crippen LogP contribution in [0, 0.1) is 0 Å². The van der Waals surface area contributed by atoms with Gasteiger partial charge in [-0.15, -0.1) is 0 Å². The third kappa shape index (κ3) is 2.66. The fourth-order valence-electron chi connectivity index (χ4n) is 3.51. The van der Waals surface area contributed by atoms with Crippen LogP contribution in [0.15, 0.2) is 53.0 Å². The van der Waals surface area contributed by atoms with Gasteiger partial charge in [0.05, 0.1) is 11.2 Å². The number of para-hydroxylation sites is 1. The molecule has 0 spiro atoms. The zero-order valence-electron chi connectivity index (χ0n) is 13.6. The van der Waals surface area contributed by atoms with Crippen LogP contribution < -0.4 is 0 Å². The van der Waals surface area contributed by atoms with Crippen LogP contribution in [0.2, 0.25) is 0 Å². The van der Waals surface area contributed by atoms with Crippen molar-refractivity contribution in [2.75, 3.05) is 13.1 Å². The molecule has 2 heterocycles. The van der Waals surface area contributed by atoms with Gasteiger partial charge in [-0.2, -0.15) is 5.10 Å². The normalized spacial score (nSPS) is 17.1. The summed E-state index contributed by atoms with van der Waals surface area (Å²) < 4.78 is 3.08. The maximum Gasteiger partial charge on any atom is 0.115 e. The molecule has 3 aromatic rings. The highest BCUT2D eigenvalue weighted by molar-refractivity contribution is 9.10. The largest absolute Gasteiger partial charge is 0.382 e. The SMILES string of the molecule is CCn1nc(CN2CC(O)(c3ccc(Br)cc3)C2)c2ccccc21.